The summed E-state index contributed by atoms with van der Waals surface area (Å²) in [5.41, 5.74) is 1.05. The molecule has 0 aromatic heterocycles. The van der Waals surface area contributed by atoms with Crippen LogP contribution in [0.3, 0.4) is 0 Å². The van der Waals surface area contributed by atoms with Gasteiger partial charge in [0, 0.05) is 13.1 Å². The highest BCUT2D eigenvalue weighted by Crippen LogP contribution is 2.36. The maximum atomic E-state index is 5.36. The highest BCUT2D eigenvalue weighted by molar-refractivity contribution is 14.0. The molecule has 0 aliphatic heterocycles. The fourth-order valence-electron chi connectivity index (χ4n) is 1.96. The lowest BCUT2D eigenvalue weighted by Crippen LogP contribution is -2.37. The van der Waals surface area contributed by atoms with Crippen LogP contribution in [0.5, 0.6) is 11.5 Å². The normalized spacial score (nSPS) is 10.7. The first kappa shape index (κ1) is 22.3. The molecule has 23 heavy (non-hydrogen) atoms. The van der Waals surface area contributed by atoms with Crippen LogP contribution in [0, 0.1) is 0 Å². The number of hydrogen-bond acceptors (Lipinski definition) is 3. The Kier molecular flexibility index (Phi) is 12.3. The van der Waals surface area contributed by atoms with Crippen LogP contribution in [-0.4, -0.2) is 33.3 Å². The van der Waals surface area contributed by atoms with E-state index in [-0.39, 0.29) is 24.0 Å². The second kappa shape index (κ2) is 12.7. The third-order valence-corrected chi connectivity index (χ3v) is 3.67. The Bertz CT molecular complexity index is 498. The van der Waals surface area contributed by atoms with E-state index in [1.54, 1.807) is 14.2 Å². The van der Waals surface area contributed by atoms with Gasteiger partial charge in [-0.05, 0) is 47.0 Å². The molecule has 0 aliphatic rings. The maximum absolute atomic E-state index is 5.36. The van der Waals surface area contributed by atoms with Gasteiger partial charge in [-0.15, -0.1) is 24.0 Å². The van der Waals surface area contributed by atoms with Crippen molar-refractivity contribution in [2.45, 2.75) is 33.2 Å². The third kappa shape index (κ3) is 7.60. The summed E-state index contributed by atoms with van der Waals surface area (Å²) in [4.78, 5) is 4.60. The second-order valence-corrected chi connectivity index (χ2v) is 5.64. The first-order chi connectivity index (χ1) is 10.7. The molecule has 1 rings (SSSR count). The van der Waals surface area contributed by atoms with E-state index in [0.717, 1.165) is 41.9 Å². The fourth-order valence-corrected chi connectivity index (χ4v) is 2.61. The third-order valence-electron chi connectivity index (χ3n) is 3.08. The summed E-state index contributed by atoms with van der Waals surface area (Å²) in [6.45, 7) is 6.57. The van der Waals surface area contributed by atoms with Crippen LogP contribution in [0.15, 0.2) is 21.6 Å². The first-order valence-corrected chi connectivity index (χ1v) is 8.38. The summed E-state index contributed by atoms with van der Waals surface area (Å²) in [7, 11) is 3.26. The van der Waals surface area contributed by atoms with Crippen molar-refractivity contribution in [2.24, 2.45) is 4.99 Å². The molecule has 0 saturated carbocycles. The maximum Gasteiger partial charge on any atom is 0.191 e. The molecule has 0 unspecified atom stereocenters. The van der Waals surface area contributed by atoms with Gasteiger partial charge < -0.3 is 20.1 Å². The van der Waals surface area contributed by atoms with Crippen molar-refractivity contribution in [3.8, 4) is 11.5 Å². The number of nitrogens with one attached hydrogen (secondary N) is 2. The zero-order valence-corrected chi connectivity index (χ0v) is 18.2. The average Bonchev–Trinajstić information content (AvgIpc) is 2.52. The van der Waals surface area contributed by atoms with Gasteiger partial charge in [-0.3, -0.25) is 0 Å². The van der Waals surface area contributed by atoms with Gasteiger partial charge in [-0.1, -0.05) is 13.3 Å². The largest absolute Gasteiger partial charge is 0.493 e. The fraction of sp³-hybridized carbons (Fsp3) is 0.562. The van der Waals surface area contributed by atoms with Crippen molar-refractivity contribution in [1.82, 2.24) is 10.6 Å². The van der Waals surface area contributed by atoms with E-state index in [4.69, 9.17) is 9.47 Å². The number of guanidine groups is 1. The topological polar surface area (TPSA) is 54.9 Å². The minimum atomic E-state index is 0. The van der Waals surface area contributed by atoms with Crippen molar-refractivity contribution >= 4 is 45.9 Å². The van der Waals surface area contributed by atoms with Gasteiger partial charge in [0.1, 0.15) is 0 Å². The monoisotopic (exact) mass is 499 g/mol. The lowest BCUT2D eigenvalue weighted by atomic mass is 10.2. The highest BCUT2D eigenvalue weighted by atomic mass is 127. The first-order valence-electron chi connectivity index (χ1n) is 7.58. The van der Waals surface area contributed by atoms with Crippen LogP contribution in [-0.2, 0) is 6.54 Å². The highest BCUT2D eigenvalue weighted by Gasteiger charge is 2.10. The van der Waals surface area contributed by atoms with Crippen molar-refractivity contribution in [2.75, 3.05) is 27.3 Å². The van der Waals surface area contributed by atoms with E-state index in [2.05, 4.69) is 45.4 Å². The van der Waals surface area contributed by atoms with E-state index >= 15 is 0 Å². The molecule has 0 spiro atoms. The van der Waals surface area contributed by atoms with Gasteiger partial charge in [-0.2, -0.15) is 0 Å². The molecule has 0 bridgehead atoms. The lowest BCUT2D eigenvalue weighted by molar-refractivity contribution is 0.352. The van der Waals surface area contributed by atoms with Crippen LogP contribution in [0.2, 0.25) is 0 Å². The van der Waals surface area contributed by atoms with Crippen LogP contribution >= 0.6 is 39.9 Å². The summed E-state index contributed by atoms with van der Waals surface area (Å²) in [5.74, 6) is 2.23. The van der Waals surface area contributed by atoms with Crippen LogP contribution in [0.25, 0.3) is 0 Å². The molecule has 0 aliphatic carbocycles. The Morgan fingerprint density at radius 2 is 1.91 bits per heavy atom. The van der Waals surface area contributed by atoms with Crippen molar-refractivity contribution in [3.63, 3.8) is 0 Å². The zero-order chi connectivity index (χ0) is 16.4. The summed E-state index contributed by atoms with van der Waals surface area (Å²) < 4.78 is 11.5. The molecule has 0 saturated heterocycles. The molecule has 132 valence electrons. The molecule has 1 aromatic rings. The van der Waals surface area contributed by atoms with Gasteiger partial charge >= 0.3 is 0 Å². The Balaban J connectivity index is 0.00000484. The minimum Gasteiger partial charge on any atom is -0.493 e. The molecular formula is C16H27BrIN3O2. The van der Waals surface area contributed by atoms with Gasteiger partial charge in [0.2, 0.25) is 0 Å². The number of ether oxygens (including phenoxy) is 2. The summed E-state index contributed by atoms with van der Waals surface area (Å²) in [6, 6.07) is 3.95. The second-order valence-electron chi connectivity index (χ2n) is 4.79. The number of hydrogen-bond donors (Lipinski definition) is 2. The number of nitrogens with zero attached hydrogens (tertiary/aromatic N) is 1. The van der Waals surface area contributed by atoms with Gasteiger partial charge in [0.05, 0.1) is 25.2 Å². The summed E-state index contributed by atoms with van der Waals surface area (Å²) >= 11 is 3.50. The predicted octanol–water partition coefficient (Wildman–Crippen LogP) is 3.94. The van der Waals surface area contributed by atoms with Gasteiger partial charge in [0.25, 0.3) is 0 Å². The quantitative estimate of drug-likeness (QED) is 0.246. The predicted molar refractivity (Wildman–Crippen MR) is 110 cm³/mol. The van der Waals surface area contributed by atoms with Gasteiger partial charge in [0.15, 0.2) is 17.5 Å². The Hall–Kier alpha value is -0.700. The molecule has 7 heteroatoms. The molecule has 5 nitrogen and oxygen atoms in total. The summed E-state index contributed by atoms with van der Waals surface area (Å²) in [5, 5.41) is 6.58. The number of aliphatic imine (C=N–C) groups is 1. The number of benzene rings is 1. The minimum absolute atomic E-state index is 0. The Morgan fingerprint density at radius 1 is 1.17 bits per heavy atom. The lowest BCUT2D eigenvalue weighted by Gasteiger charge is -2.13. The van der Waals surface area contributed by atoms with Crippen molar-refractivity contribution in [3.05, 3.63) is 22.2 Å². The molecule has 0 amide bonds. The molecule has 1 aromatic carbocycles. The number of unbranched alkanes of at least 4 members (excludes halogenated alkanes) is 1. The molecule has 0 atom stereocenters. The van der Waals surface area contributed by atoms with E-state index in [0.29, 0.717) is 18.0 Å². The van der Waals surface area contributed by atoms with Gasteiger partial charge in [-0.25, -0.2) is 4.99 Å². The van der Waals surface area contributed by atoms with Crippen molar-refractivity contribution in [1.29, 1.82) is 0 Å². The molecule has 0 fully saturated rings. The molecule has 2 N–H and O–H groups in total. The number of halogens is 2. The van der Waals surface area contributed by atoms with Crippen LogP contribution in [0.1, 0.15) is 32.3 Å². The number of methoxy groups -OCH3 is 2. The summed E-state index contributed by atoms with van der Waals surface area (Å²) in [6.07, 6.45) is 2.29. The standard InChI is InChI=1S/C16H26BrN3O2.HI/c1-5-7-8-19-16(18-6-2)20-11-12-9-13(17)15(22-4)14(10-12)21-3;/h9-10H,5-8,11H2,1-4H3,(H2,18,19,20);1H. The Labute approximate surface area is 164 Å². The van der Waals surface area contributed by atoms with E-state index in [1.807, 2.05) is 12.1 Å². The van der Waals surface area contributed by atoms with Crippen molar-refractivity contribution < 1.29 is 9.47 Å². The van der Waals surface area contributed by atoms with E-state index in [1.165, 1.54) is 0 Å². The SMILES string of the molecule is CCCCNC(=NCc1cc(Br)c(OC)c(OC)c1)NCC.I. The van der Waals surface area contributed by atoms with Crippen LogP contribution < -0.4 is 20.1 Å². The molecule has 0 heterocycles. The van der Waals surface area contributed by atoms with Crippen LogP contribution in [0.4, 0.5) is 0 Å². The van der Waals surface area contributed by atoms with E-state index in [9.17, 15) is 0 Å². The number of rotatable bonds is 8. The molecular weight excluding hydrogens is 473 g/mol. The van der Waals surface area contributed by atoms with E-state index < -0.39 is 0 Å². The smallest absolute Gasteiger partial charge is 0.191 e. The Morgan fingerprint density at radius 3 is 2.48 bits per heavy atom. The molecule has 0 radical (unpaired) electrons. The average molecular weight is 500 g/mol. The zero-order valence-electron chi connectivity index (χ0n) is 14.2.